The molecule has 25 heavy (non-hydrogen) atoms. The van der Waals surface area contributed by atoms with Crippen LogP contribution in [0.3, 0.4) is 0 Å². The first kappa shape index (κ1) is 20.3. The molecule has 0 radical (unpaired) electrons. The second-order valence-corrected chi connectivity index (χ2v) is 7.17. The van der Waals surface area contributed by atoms with Gasteiger partial charge < -0.3 is 15.1 Å². The Morgan fingerprint density at radius 3 is 2.00 bits per heavy atom. The smallest absolute Gasteiger partial charge is 0.254 e. The Labute approximate surface area is 164 Å². The zero-order valence-electron chi connectivity index (χ0n) is 13.8. The van der Waals surface area contributed by atoms with Gasteiger partial charge in [0.2, 0.25) is 5.91 Å². The number of halogens is 3. The lowest BCUT2D eigenvalue weighted by molar-refractivity contribution is -0.137. The summed E-state index contributed by atoms with van der Waals surface area (Å²) in [6.45, 7) is 4.07. The quantitative estimate of drug-likeness (QED) is 0.821. The number of nitrogens with zero attached hydrogens (tertiary/aromatic N) is 2. The lowest BCUT2D eigenvalue weighted by Gasteiger charge is -2.37. The van der Waals surface area contributed by atoms with Gasteiger partial charge in [-0.15, -0.1) is 12.4 Å². The van der Waals surface area contributed by atoms with Gasteiger partial charge in [-0.3, -0.25) is 9.59 Å². The number of piperidine rings is 1. The van der Waals surface area contributed by atoms with Gasteiger partial charge in [0, 0.05) is 47.7 Å². The topological polar surface area (TPSA) is 52.7 Å². The summed E-state index contributed by atoms with van der Waals surface area (Å²) in [4.78, 5) is 28.8. The van der Waals surface area contributed by atoms with Gasteiger partial charge in [0.05, 0.1) is 0 Å². The van der Waals surface area contributed by atoms with Crippen LogP contribution in [0, 0.1) is 5.92 Å². The van der Waals surface area contributed by atoms with Crippen molar-refractivity contribution in [2.45, 2.75) is 12.8 Å². The van der Waals surface area contributed by atoms with Crippen molar-refractivity contribution in [3.63, 3.8) is 0 Å². The van der Waals surface area contributed by atoms with Crippen molar-refractivity contribution in [2.24, 2.45) is 5.92 Å². The highest BCUT2D eigenvalue weighted by Gasteiger charge is 2.30. The van der Waals surface area contributed by atoms with E-state index in [1.54, 1.807) is 23.1 Å². The molecule has 3 rings (SSSR count). The van der Waals surface area contributed by atoms with Crippen LogP contribution < -0.4 is 5.32 Å². The third-order valence-corrected chi connectivity index (χ3v) is 5.11. The molecule has 0 aromatic heterocycles. The summed E-state index contributed by atoms with van der Waals surface area (Å²) in [7, 11) is 0. The Morgan fingerprint density at radius 1 is 0.920 bits per heavy atom. The summed E-state index contributed by atoms with van der Waals surface area (Å²) in [5.41, 5.74) is 0.491. The van der Waals surface area contributed by atoms with Crippen LogP contribution in [-0.2, 0) is 4.79 Å². The van der Waals surface area contributed by atoms with Crippen molar-refractivity contribution in [1.82, 2.24) is 15.1 Å². The molecule has 1 aromatic carbocycles. The molecule has 2 saturated heterocycles. The molecule has 138 valence electrons. The molecule has 2 amide bonds. The Bertz CT molecular complexity index is 607. The number of nitrogens with one attached hydrogen (secondary N) is 1. The van der Waals surface area contributed by atoms with Gasteiger partial charge >= 0.3 is 0 Å². The summed E-state index contributed by atoms with van der Waals surface area (Å²) < 4.78 is 0. The highest BCUT2D eigenvalue weighted by molar-refractivity contribution is 6.35. The molecule has 2 heterocycles. The lowest BCUT2D eigenvalue weighted by Crippen LogP contribution is -2.52. The standard InChI is InChI=1S/C17H21Cl2N3O2.ClH/c18-14-9-13(10-15(19)11-14)17(24)22-7-5-21(6-8-22)16(23)12-1-3-20-4-2-12;/h9-12,20H,1-8H2;1H. The maximum atomic E-state index is 12.6. The van der Waals surface area contributed by atoms with Crippen LogP contribution in [-0.4, -0.2) is 60.9 Å². The molecule has 2 fully saturated rings. The Kier molecular flexibility index (Phi) is 7.37. The maximum Gasteiger partial charge on any atom is 0.254 e. The summed E-state index contributed by atoms with van der Waals surface area (Å²) in [6, 6.07) is 4.86. The van der Waals surface area contributed by atoms with Crippen molar-refractivity contribution >= 4 is 47.4 Å². The number of benzene rings is 1. The molecule has 0 spiro atoms. The maximum absolute atomic E-state index is 12.6. The third kappa shape index (κ3) is 5.00. The van der Waals surface area contributed by atoms with E-state index in [0.717, 1.165) is 25.9 Å². The monoisotopic (exact) mass is 405 g/mol. The molecule has 0 atom stereocenters. The predicted octanol–water partition coefficient (Wildman–Crippen LogP) is 2.70. The molecule has 2 aliphatic rings. The van der Waals surface area contributed by atoms with Crippen LogP contribution in [0.4, 0.5) is 0 Å². The van der Waals surface area contributed by atoms with Gasteiger partial charge in [-0.25, -0.2) is 0 Å². The van der Waals surface area contributed by atoms with Gasteiger partial charge in [0.25, 0.3) is 5.91 Å². The molecule has 1 N–H and O–H groups in total. The highest BCUT2D eigenvalue weighted by atomic mass is 35.5. The van der Waals surface area contributed by atoms with Crippen molar-refractivity contribution in [3.8, 4) is 0 Å². The van der Waals surface area contributed by atoms with Gasteiger partial charge in [-0.2, -0.15) is 0 Å². The van der Waals surface area contributed by atoms with E-state index in [1.165, 1.54) is 0 Å². The molecular weight excluding hydrogens is 385 g/mol. The number of carbonyl (C=O) groups is 2. The first-order chi connectivity index (χ1) is 11.5. The van der Waals surface area contributed by atoms with Crippen LogP contribution in [0.2, 0.25) is 10.0 Å². The van der Waals surface area contributed by atoms with E-state index in [4.69, 9.17) is 23.2 Å². The fourth-order valence-corrected chi connectivity index (χ4v) is 3.84. The molecule has 5 nitrogen and oxygen atoms in total. The fourth-order valence-electron chi connectivity index (χ4n) is 3.32. The Hall–Kier alpha value is -1.01. The lowest BCUT2D eigenvalue weighted by atomic mass is 9.96. The average Bonchev–Trinajstić information content (AvgIpc) is 2.60. The molecule has 8 heteroatoms. The number of hydrogen-bond acceptors (Lipinski definition) is 3. The number of rotatable bonds is 2. The van der Waals surface area contributed by atoms with Crippen LogP contribution in [0.15, 0.2) is 18.2 Å². The third-order valence-electron chi connectivity index (χ3n) is 4.68. The van der Waals surface area contributed by atoms with Crippen molar-refractivity contribution in [1.29, 1.82) is 0 Å². The fraction of sp³-hybridized carbons (Fsp3) is 0.529. The van der Waals surface area contributed by atoms with E-state index in [2.05, 4.69) is 5.32 Å². The zero-order chi connectivity index (χ0) is 17.1. The molecule has 0 unspecified atom stereocenters. The Balaban J connectivity index is 0.00000225. The first-order valence-corrected chi connectivity index (χ1v) is 9.05. The van der Waals surface area contributed by atoms with Gasteiger partial charge in [0.1, 0.15) is 0 Å². The van der Waals surface area contributed by atoms with Crippen LogP contribution in [0.1, 0.15) is 23.2 Å². The largest absolute Gasteiger partial charge is 0.339 e. The number of hydrogen-bond donors (Lipinski definition) is 1. The predicted molar refractivity (Wildman–Crippen MR) is 102 cm³/mol. The van der Waals surface area contributed by atoms with E-state index in [9.17, 15) is 9.59 Å². The summed E-state index contributed by atoms with van der Waals surface area (Å²) in [6.07, 6.45) is 1.80. The second kappa shape index (κ2) is 9.08. The number of piperazine rings is 1. The normalized spacial score (nSPS) is 18.6. The Morgan fingerprint density at radius 2 is 1.44 bits per heavy atom. The minimum absolute atomic E-state index is 0. The first-order valence-electron chi connectivity index (χ1n) is 8.29. The van der Waals surface area contributed by atoms with Crippen molar-refractivity contribution < 1.29 is 9.59 Å². The molecule has 1 aromatic rings. The van der Waals surface area contributed by atoms with Crippen LogP contribution in [0.25, 0.3) is 0 Å². The van der Waals surface area contributed by atoms with E-state index in [1.807, 2.05) is 4.90 Å². The van der Waals surface area contributed by atoms with E-state index < -0.39 is 0 Å². The zero-order valence-corrected chi connectivity index (χ0v) is 16.2. The SMILES string of the molecule is Cl.O=C(c1cc(Cl)cc(Cl)c1)N1CCN(C(=O)C2CCNCC2)CC1. The number of amides is 2. The molecular formula is C17H22Cl3N3O2. The number of carbonyl (C=O) groups excluding carboxylic acids is 2. The highest BCUT2D eigenvalue weighted by Crippen LogP contribution is 2.21. The van der Waals surface area contributed by atoms with E-state index in [0.29, 0.717) is 41.8 Å². The van der Waals surface area contributed by atoms with Gasteiger partial charge in [-0.05, 0) is 44.1 Å². The minimum Gasteiger partial charge on any atom is -0.339 e. The van der Waals surface area contributed by atoms with E-state index >= 15 is 0 Å². The van der Waals surface area contributed by atoms with Crippen molar-refractivity contribution in [3.05, 3.63) is 33.8 Å². The van der Waals surface area contributed by atoms with Crippen LogP contribution >= 0.6 is 35.6 Å². The summed E-state index contributed by atoms with van der Waals surface area (Å²) in [5, 5.41) is 4.18. The molecule has 0 aliphatic carbocycles. The second-order valence-electron chi connectivity index (χ2n) is 6.30. The summed E-state index contributed by atoms with van der Waals surface area (Å²) >= 11 is 11.9. The molecule has 0 saturated carbocycles. The summed E-state index contributed by atoms with van der Waals surface area (Å²) in [5.74, 6) is 0.267. The van der Waals surface area contributed by atoms with Gasteiger partial charge in [-0.1, -0.05) is 23.2 Å². The van der Waals surface area contributed by atoms with Crippen molar-refractivity contribution in [2.75, 3.05) is 39.3 Å². The molecule has 2 aliphatic heterocycles. The van der Waals surface area contributed by atoms with Gasteiger partial charge in [0.15, 0.2) is 0 Å². The van der Waals surface area contributed by atoms with Crippen LogP contribution in [0.5, 0.6) is 0 Å². The minimum atomic E-state index is -0.0895. The average molecular weight is 407 g/mol. The van der Waals surface area contributed by atoms with E-state index in [-0.39, 0.29) is 30.1 Å². The molecule has 0 bridgehead atoms.